The Kier molecular flexibility index (Phi) is 2.73. The van der Waals surface area contributed by atoms with Gasteiger partial charge in [0, 0.05) is 12.2 Å². The number of nitrogens with zero attached hydrogens (tertiary/aromatic N) is 1. The maximum absolute atomic E-state index is 11.2. The van der Waals surface area contributed by atoms with E-state index in [0.29, 0.717) is 17.7 Å². The quantitative estimate of drug-likeness (QED) is 0.785. The number of nitrogens with one attached hydrogen (secondary N) is 1. The molecule has 17 heavy (non-hydrogen) atoms. The summed E-state index contributed by atoms with van der Waals surface area (Å²) in [4.78, 5) is 13.4. The molecular formula is C13H20N2O2. The molecule has 0 radical (unpaired) electrons. The van der Waals surface area contributed by atoms with E-state index in [1.807, 2.05) is 0 Å². The van der Waals surface area contributed by atoms with Crippen LogP contribution in [0.4, 0.5) is 0 Å². The molecule has 0 aromatic rings. The van der Waals surface area contributed by atoms with E-state index in [1.54, 1.807) is 6.20 Å². The first kappa shape index (κ1) is 10.9. The van der Waals surface area contributed by atoms with Gasteiger partial charge in [0.1, 0.15) is 11.9 Å². The molecule has 3 rings (SSSR count). The van der Waals surface area contributed by atoms with Crippen LogP contribution in [0.5, 0.6) is 0 Å². The summed E-state index contributed by atoms with van der Waals surface area (Å²) < 4.78 is 0. The molecule has 0 bridgehead atoms. The molecule has 2 aliphatic carbocycles. The van der Waals surface area contributed by atoms with Crippen LogP contribution in [-0.4, -0.2) is 28.2 Å². The zero-order valence-corrected chi connectivity index (χ0v) is 10.1. The summed E-state index contributed by atoms with van der Waals surface area (Å²) in [7, 11) is 0. The highest BCUT2D eigenvalue weighted by atomic mass is 16.4. The van der Waals surface area contributed by atoms with Crippen molar-refractivity contribution in [2.24, 2.45) is 5.92 Å². The molecule has 94 valence electrons. The van der Waals surface area contributed by atoms with Crippen LogP contribution in [0.25, 0.3) is 0 Å². The van der Waals surface area contributed by atoms with Crippen LogP contribution in [0.1, 0.15) is 44.9 Å². The van der Waals surface area contributed by atoms with Crippen LogP contribution < -0.4 is 5.32 Å². The Hall–Kier alpha value is -1.19. The number of carboxylic acids is 1. The maximum atomic E-state index is 11.2. The molecule has 0 saturated heterocycles. The standard InChI is InChI=1S/C13H20N2O2/c16-13(17)11-8-14-12(15(11)10-6-7-10)9-4-2-1-3-5-9/h8-10,12,14H,1-7H2,(H,16,17). The van der Waals surface area contributed by atoms with Gasteiger partial charge in [0.05, 0.1) is 0 Å². The van der Waals surface area contributed by atoms with Crippen LogP contribution >= 0.6 is 0 Å². The number of rotatable bonds is 3. The van der Waals surface area contributed by atoms with Gasteiger partial charge in [-0.05, 0) is 31.6 Å². The van der Waals surface area contributed by atoms with Crippen LogP contribution in [-0.2, 0) is 4.79 Å². The number of hydrogen-bond acceptors (Lipinski definition) is 3. The van der Waals surface area contributed by atoms with Gasteiger partial charge in [-0.3, -0.25) is 0 Å². The van der Waals surface area contributed by atoms with Crippen molar-refractivity contribution < 1.29 is 9.90 Å². The topological polar surface area (TPSA) is 52.6 Å². The molecule has 0 amide bonds. The van der Waals surface area contributed by atoms with E-state index in [1.165, 1.54) is 32.1 Å². The van der Waals surface area contributed by atoms with E-state index < -0.39 is 5.97 Å². The Balaban J connectivity index is 1.74. The molecule has 1 aliphatic heterocycles. The predicted octanol–water partition coefficient (Wildman–Crippen LogP) is 1.89. The first-order chi connectivity index (χ1) is 8.27. The van der Waals surface area contributed by atoms with Crippen LogP contribution in [0.2, 0.25) is 0 Å². The highest BCUT2D eigenvalue weighted by molar-refractivity contribution is 5.86. The van der Waals surface area contributed by atoms with Gasteiger partial charge in [0.2, 0.25) is 0 Å². The minimum absolute atomic E-state index is 0.244. The Morgan fingerprint density at radius 1 is 1.24 bits per heavy atom. The zero-order chi connectivity index (χ0) is 11.8. The lowest BCUT2D eigenvalue weighted by atomic mass is 9.86. The summed E-state index contributed by atoms with van der Waals surface area (Å²) in [6.07, 6.45) is 10.7. The fraction of sp³-hybridized carbons (Fsp3) is 0.769. The summed E-state index contributed by atoms with van der Waals surface area (Å²) in [5.74, 6) is -0.167. The molecule has 0 aromatic heterocycles. The van der Waals surface area contributed by atoms with Crippen molar-refractivity contribution >= 4 is 5.97 Å². The van der Waals surface area contributed by atoms with Gasteiger partial charge >= 0.3 is 5.97 Å². The number of aliphatic carboxylic acids is 1. The third kappa shape index (κ3) is 2.01. The van der Waals surface area contributed by atoms with Crippen LogP contribution in [0.3, 0.4) is 0 Å². The fourth-order valence-corrected chi connectivity index (χ4v) is 3.23. The third-order valence-electron chi connectivity index (χ3n) is 4.22. The van der Waals surface area contributed by atoms with Crippen molar-refractivity contribution in [2.45, 2.75) is 57.2 Å². The second-order valence-corrected chi connectivity index (χ2v) is 5.48. The van der Waals surface area contributed by atoms with Crippen molar-refractivity contribution in [3.8, 4) is 0 Å². The zero-order valence-electron chi connectivity index (χ0n) is 10.1. The van der Waals surface area contributed by atoms with Crippen molar-refractivity contribution in [1.82, 2.24) is 10.2 Å². The SMILES string of the molecule is O=C(O)C1=CNC(C2CCCCC2)N1C1CC1. The second-order valence-electron chi connectivity index (χ2n) is 5.48. The van der Waals surface area contributed by atoms with E-state index >= 15 is 0 Å². The molecule has 1 heterocycles. The lowest BCUT2D eigenvalue weighted by molar-refractivity contribution is -0.134. The van der Waals surface area contributed by atoms with Crippen LogP contribution in [0.15, 0.2) is 11.9 Å². The smallest absolute Gasteiger partial charge is 0.353 e. The lowest BCUT2D eigenvalue weighted by Gasteiger charge is -2.36. The van der Waals surface area contributed by atoms with E-state index in [9.17, 15) is 9.90 Å². The number of carboxylic acid groups (broad SMARTS) is 1. The van der Waals surface area contributed by atoms with Crippen molar-refractivity contribution in [2.75, 3.05) is 0 Å². The summed E-state index contributed by atoms with van der Waals surface area (Å²) in [6, 6.07) is 0.472. The highest BCUT2D eigenvalue weighted by Crippen LogP contribution is 2.38. The van der Waals surface area contributed by atoms with Crippen molar-refractivity contribution in [3.63, 3.8) is 0 Å². The largest absolute Gasteiger partial charge is 0.477 e. The van der Waals surface area contributed by atoms with Crippen molar-refractivity contribution in [3.05, 3.63) is 11.9 Å². The summed E-state index contributed by atoms with van der Waals surface area (Å²) >= 11 is 0. The van der Waals surface area contributed by atoms with Gasteiger partial charge in [0.15, 0.2) is 0 Å². The minimum Gasteiger partial charge on any atom is -0.477 e. The molecular weight excluding hydrogens is 216 g/mol. The monoisotopic (exact) mass is 236 g/mol. The molecule has 2 saturated carbocycles. The molecule has 0 aromatic carbocycles. The van der Waals surface area contributed by atoms with Gasteiger partial charge in [-0.25, -0.2) is 4.79 Å². The average Bonchev–Trinajstić information content (AvgIpc) is 3.08. The molecule has 2 N–H and O–H groups in total. The summed E-state index contributed by atoms with van der Waals surface area (Å²) in [5, 5.41) is 12.5. The number of carbonyl (C=O) groups is 1. The Morgan fingerprint density at radius 2 is 1.94 bits per heavy atom. The van der Waals surface area contributed by atoms with Gasteiger partial charge in [-0.1, -0.05) is 19.3 Å². The van der Waals surface area contributed by atoms with E-state index in [0.717, 1.165) is 12.8 Å². The fourth-order valence-electron chi connectivity index (χ4n) is 3.23. The van der Waals surface area contributed by atoms with Gasteiger partial charge in [0.25, 0.3) is 0 Å². The Labute approximate surface area is 102 Å². The summed E-state index contributed by atoms with van der Waals surface area (Å²) in [6.45, 7) is 0. The minimum atomic E-state index is -0.789. The third-order valence-corrected chi connectivity index (χ3v) is 4.22. The van der Waals surface area contributed by atoms with Gasteiger partial charge < -0.3 is 15.3 Å². The number of hydrogen-bond donors (Lipinski definition) is 2. The summed E-state index contributed by atoms with van der Waals surface area (Å²) in [5.41, 5.74) is 0.475. The van der Waals surface area contributed by atoms with E-state index in [-0.39, 0.29) is 6.17 Å². The van der Waals surface area contributed by atoms with E-state index in [4.69, 9.17) is 0 Å². The Morgan fingerprint density at radius 3 is 2.53 bits per heavy atom. The molecule has 3 aliphatic rings. The first-order valence-electron chi connectivity index (χ1n) is 6.75. The maximum Gasteiger partial charge on any atom is 0.353 e. The lowest BCUT2D eigenvalue weighted by Crippen LogP contribution is -2.45. The molecule has 4 heteroatoms. The van der Waals surface area contributed by atoms with E-state index in [2.05, 4.69) is 10.2 Å². The average molecular weight is 236 g/mol. The first-order valence-corrected chi connectivity index (χ1v) is 6.75. The second kappa shape index (κ2) is 4.24. The van der Waals surface area contributed by atoms with Crippen molar-refractivity contribution in [1.29, 1.82) is 0 Å². The molecule has 4 nitrogen and oxygen atoms in total. The molecule has 0 spiro atoms. The Bertz CT molecular complexity index is 343. The normalized spacial score (nSPS) is 30.0. The van der Waals surface area contributed by atoms with Gasteiger partial charge in [-0.15, -0.1) is 0 Å². The van der Waals surface area contributed by atoms with Gasteiger partial charge in [-0.2, -0.15) is 0 Å². The highest BCUT2D eigenvalue weighted by Gasteiger charge is 2.43. The molecule has 1 unspecified atom stereocenters. The van der Waals surface area contributed by atoms with Crippen LogP contribution in [0, 0.1) is 5.92 Å². The molecule has 2 fully saturated rings. The molecule has 1 atom stereocenters. The predicted molar refractivity (Wildman–Crippen MR) is 64.1 cm³/mol.